The van der Waals surface area contributed by atoms with Crippen molar-refractivity contribution in [1.82, 2.24) is 10.3 Å². The van der Waals surface area contributed by atoms with Gasteiger partial charge in [-0.05, 0) is 43.2 Å². The normalized spacial score (nSPS) is 12.1. The van der Waals surface area contributed by atoms with E-state index >= 15 is 0 Å². The largest absolute Gasteiger partial charge is 0.497 e. The fraction of sp³-hybridized carbons (Fsp3) is 0.304. The lowest BCUT2D eigenvalue weighted by atomic mass is 10.0. The third-order valence-electron chi connectivity index (χ3n) is 4.82. The van der Waals surface area contributed by atoms with Gasteiger partial charge in [0.1, 0.15) is 11.5 Å². The topological polar surface area (TPSA) is 60.5 Å². The number of aromatic nitrogens is 1. The molecule has 0 spiro atoms. The SMILES string of the molecule is COc1ccc(OC)c(C(C)NC(=O)c2cc(C(C)C)nc3ccccc23)c1. The van der Waals surface area contributed by atoms with Crippen molar-refractivity contribution in [3.63, 3.8) is 0 Å². The number of benzene rings is 2. The number of fused-ring (bicyclic) bond motifs is 1. The molecule has 5 nitrogen and oxygen atoms in total. The monoisotopic (exact) mass is 378 g/mol. The summed E-state index contributed by atoms with van der Waals surface area (Å²) in [5.74, 6) is 1.51. The van der Waals surface area contributed by atoms with Crippen LogP contribution in [0.4, 0.5) is 0 Å². The second-order valence-corrected chi connectivity index (χ2v) is 7.07. The first-order valence-corrected chi connectivity index (χ1v) is 9.37. The lowest BCUT2D eigenvalue weighted by Crippen LogP contribution is -2.27. The van der Waals surface area contributed by atoms with E-state index in [9.17, 15) is 4.79 Å². The van der Waals surface area contributed by atoms with E-state index < -0.39 is 0 Å². The number of pyridine rings is 1. The zero-order chi connectivity index (χ0) is 20.3. The van der Waals surface area contributed by atoms with Gasteiger partial charge in [0.25, 0.3) is 5.91 Å². The molecule has 0 radical (unpaired) electrons. The van der Waals surface area contributed by atoms with E-state index in [1.54, 1.807) is 14.2 Å². The highest BCUT2D eigenvalue weighted by atomic mass is 16.5. The van der Waals surface area contributed by atoms with Crippen molar-refractivity contribution >= 4 is 16.8 Å². The summed E-state index contributed by atoms with van der Waals surface area (Å²) < 4.78 is 10.8. The van der Waals surface area contributed by atoms with Crippen molar-refractivity contribution in [3.8, 4) is 11.5 Å². The van der Waals surface area contributed by atoms with Crippen LogP contribution in [0.3, 0.4) is 0 Å². The van der Waals surface area contributed by atoms with Crippen LogP contribution in [-0.2, 0) is 0 Å². The average molecular weight is 378 g/mol. The minimum atomic E-state index is -0.257. The number of rotatable bonds is 6. The molecule has 1 unspecified atom stereocenters. The molecule has 0 bridgehead atoms. The second kappa shape index (κ2) is 8.30. The first-order valence-electron chi connectivity index (χ1n) is 9.37. The van der Waals surface area contributed by atoms with Crippen molar-refractivity contribution in [2.24, 2.45) is 0 Å². The zero-order valence-corrected chi connectivity index (χ0v) is 16.9. The summed E-state index contributed by atoms with van der Waals surface area (Å²) in [5.41, 5.74) is 3.21. The number of carbonyl (C=O) groups excluding carboxylic acids is 1. The van der Waals surface area contributed by atoms with Gasteiger partial charge in [0.2, 0.25) is 0 Å². The Hall–Kier alpha value is -3.08. The third-order valence-corrected chi connectivity index (χ3v) is 4.82. The van der Waals surface area contributed by atoms with Crippen LogP contribution < -0.4 is 14.8 Å². The number of ether oxygens (including phenoxy) is 2. The molecule has 1 aromatic heterocycles. The predicted molar refractivity (Wildman–Crippen MR) is 111 cm³/mol. The molecule has 3 rings (SSSR count). The number of methoxy groups -OCH3 is 2. The maximum absolute atomic E-state index is 13.2. The van der Waals surface area contributed by atoms with E-state index in [1.165, 1.54) is 0 Å². The average Bonchev–Trinajstić information content (AvgIpc) is 2.72. The number of amides is 1. The maximum atomic E-state index is 13.2. The van der Waals surface area contributed by atoms with Crippen molar-refractivity contribution in [3.05, 3.63) is 65.4 Å². The molecule has 0 saturated heterocycles. The molecule has 1 atom stereocenters. The molecule has 0 saturated carbocycles. The molecule has 3 aromatic rings. The van der Waals surface area contributed by atoms with Crippen molar-refractivity contribution in [2.45, 2.75) is 32.7 Å². The summed E-state index contributed by atoms with van der Waals surface area (Å²) in [6, 6.07) is 14.9. The Morgan fingerprint density at radius 1 is 1.00 bits per heavy atom. The molecule has 0 aliphatic rings. The fourth-order valence-corrected chi connectivity index (χ4v) is 3.21. The fourth-order valence-electron chi connectivity index (χ4n) is 3.21. The first-order chi connectivity index (χ1) is 13.4. The van der Waals surface area contributed by atoms with E-state index in [4.69, 9.17) is 9.47 Å². The van der Waals surface area contributed by atoms with Gasteiger partial charge in [0, 0.05) is 16.6 Å². The number of hydrogen-bond donors (Lipinski definition) is 1. The summed E-state index contributed by atoms with van der Waals surface area (Å²) in [5, 5.41) is 3.94. The van der Waals surface area contributed by atoms with E-state index in [1.807, 2.05) is 55.5 Å². The quantitative estimate of drug-likeness (QED) is 0.665. The van der Waals surface area contributed by atoms with E-state index in [2.05, 4.69) is 24.1 Å². The lowest BCUT2D eigenvalue weighted by Gasteiger charge is -2.19. The molecule has 1 amide bonds. The van der Waals surface area contributed by atoms with Crippen LogP contribution in [0.15, 0.2) is 48.5 Å². The summed E-state index contributed by atoms with van der Waals surface area (Å²) in [6.07, 6.45) is 0. The highest BCUT2D eigenvalue weighted by Crippen LogP contribution is 2.30. The van der Waals surface area contributed by atoms with Gasteiger partial charge in [-0.3, -0.25) is 9.78 Å². The van der Waals surface area contributed by atoms with Gasteiger partial charge in [-0.1, -0.05) is 32.0 Å². The highest BCUT2D eigenvalue weighted by Gasteiger charge is 2.19. The molecule has 1 N–H and O–H groups in total. The molecule has 0 aliphatic heterocycles. The molecule has 146 valence electrons. The van der Waals surface area contributed by atoms with Crippen LogP contribution in [0.25, 0.3) is 10.9 Å². The minimum Gasteiger partial charge on any atom is -0.497 e. The summed E-state index contributed by atoms with van der Waals surface area (Å²) in [6.45, 7) is 6.08. The Morgan fingerprint density at radius 3 is 2.43 bits per heavy atom. The molecular formula is C23H26N2O3. The molecule has 5 heteroatoms. The van der Waals surface area contributed by atoms with Crippen LogP contribution in [0.2, 0.25) is 0 Å². The lowest BCUT2D eigenvalue weighted by molar-refractivity contribution is 0.0941. The molecule has 28 heavy (non-hydrogen) atoms. The maximum Gasteiger partial charge on any atom is 0.252 e. The highest BCUT2D eigenvalue weighted by molar-refractivity contribution is 6.06. The molecule has 0 aliphatic carbocycles. The van der Waals surface area contributed by atoms with Crippen LogP contribution in [0, 0.1) is 0 Å². The smallest absolute Gasteiger partial charge is 0.252 e. The Kier molecular flexibility index (Phi) is 5.83. The predicted octanol–water partition coefficient (Wildman–Crippen LogP) is 4.87. The Balaban J connectivity index is 1.97. The number of nitrogens with zero attached hydrogens (tertiary/aromatic N) is 1. The van der Waals surface area contributed by atoms with Crippen LogP contribution in [0.1, 0.15) is 54.3 Å². The Morgan fingerprint density at radius 2 is 1.75 bits per heavy atom. The van der Waals surface area contributed by atoms with Crippen LogP contribution >= 0.6 is 0 Å². The standard InChI is InChI=1S/C23H26N2O3/c1-14(2)21-13-19(17-8-6-7-9-20(17)25-21)23(26)24-15(3)18-12-16(27-4)10-11-22(18)28-5/h6-15H,1-5H3,(H,24,26). The number of carbonyl (C=O) groups is 1. The van der Waals surface area contributed by atoms with Gasteiger partial charge >= 0.3 is 0 Å². The van der Waals surface area contributed by atoms with Crippen molar-refractivity contribution in [2.75, 3.05) is 14.2 Å². The third kappa shape index (κ3) is 3.93. The van der Waals surface area contributed by atoms with E-state index in [0.717, 1.165) is 22.2 Å². The van der Waals surface area contributed by atoms with Crippen molar-refractivity contribution < 1.29 is 14.3 Å². The summed E-state index contributed by atoms with van der Waals surface area (Å²) in [4.78, 5) is 17.8. The number of nitrogens with one attached hydrogen (secondary N) is 1. The van der Waals surface area contributed by atoms with Gasteiger partial charge in [-0.25, -0.2) is 0 Å². The number of para-hydroxylation sites is 1. The minimum absolute atomic E-state index is 0.141. The summed E-state index contributed by atoms with van der Waals surface area (Å²) >= 11 is 0. The van der Waals surface area contributed by atoms with Crippen LogP contribution in [0.5, 0.6) is 11.5 Å². The molecule has 0 fully saturated rings. The first kappa shape index (κ1) is 19.7. The van der Waals surface area contributed by atoms with Crippen LogP contribution in [-0.4, -0.2) is 25.1 Å². The molecular weight excluding hydrogens is 352 g/mol. The van der Waals surface area contributed by atoms with E-state index in [-0.39, 0.29) is 17.9 Å². The Bertz CT molecular complexity index is 998. The van der Waals surface area contributed by atoms with Gasteiger partial charge in [0.15, 0.2) is 0 Å². The molecule has 1 heterocycles. The van der Waals surface area contributed by atoms with Crippen molar-refractivity contribution in [1.29, 1.82) is 0 Å². The number of hydrogen-bond acceptors (Lipinski definition) is 4. The van der Waals surface area contributed by atoms with Gasteiger partial charge in [-0.15, -0.1) is 0 Å². The van der Waals surface area contributed by atoms with E-state index in [0.29, 0.717) is 17.1 Å². The van der Waals surface area contributed by atoms with Gasteiger partial charge < -0.3 is 14.8 Å². The Labute approximate surface area is 165 Å². The zero-order valence-electron chi connectivity index (χ0n) is 16.9. The summed E-state index contributed by atoms with van der Waals surface area (Å²) in [7, 11) is 3.23. The second-order valence-electron chi connectivity index (χ2n) is 7.07. The van der Waals surface area contributed by atoms with Gasteiger partial charge in [-0.2, -0.15) is 0 Å². The molecule has 2 aromatic carbocycles. The van der Waals surface area contributed by atoms with Gasteiger partial charge in [0.05, 0.1) is 31.3 Å².